The van der Waals surface area contributed by atoms with E-state index in [1.807, 2.05) is 0 Å². The fourth-order valence-electron chi connectivity index (χ4n) is 0.975. The minimum atomic E-state index is 0.314. The van der Waals surface area contributed by atoms with Crippen LogP contribution in [0.15, 0.2) is 12.1 Å². The normalized spacial score (nSPS) is 9.38. The molecule has 1 rings (SSSR count). The van der Waals surface area contributed by atoms with Crippen molar-refractivity contribution in [1.82, 2.24) is 0 Å². The monoisotopic (exact) mass is 307 g/mol. The smallest absolute Gasteiger partial charge is 0.132 e. The lowest BCUT2D eigenvalue weighted by molar-refractivity contribution is 0.411. The number of methoxy groups -OCH3 is 1. The van der Waals surface area contributed by atoms with Gasteiger partial charge in [0.1, 0.15) is 5.75 Å². The average Bonchev–Trinajstić information content (AvgIpc) is 2.12. The summed E-state index contributed by atoms with van der Waals surface area (Å²) in [5.41, 5.74) is 0.837. The average molecular weight is 308 g/mol. The summed E-state index contributed by atoms with van der Waals surface area (Å²) in [5, 5.41) is 9.20. The molecule has 2 nitrogen and oxygen atoms in total. The maximum atomic E-state index is 8.58. The van der Waals surface area contributed by atoms with Gasteiger partial charge in [0.05, 0.1) is 23.2 Å². The second-order valence-electron chi connectivity index (χ2n) is 2.38. The third kappa shape index (κ3) is 2.26. The van der Waals surface area contributed by atoms with Crippen LogP contribution in [0.2, 0.25) is 5.02 Å². The molecule has 1 aromatic rings. The summed E-state index contributed by atoms with van der Waals surface area (Å²) in [6.45, 7) is 0. The van der Waals surface area contributed by atoms with Crippen molar-refractivity contribution in [3.05, 3.63) is 26.3 Å². The predicted octanol–water partition coefficient (Wildman–Crippen LogP) is 3.02. The summed E-state index contributed by atoms with van der Waals surface area (Å²) in [6, 6.07) is 5.61. The molecule has 68 valence electrons. The summed E-state index contributed by atoms with van der Waals surface area (Å²) in [5.74, 6) is 0.759. The van der Waals surface area contributed by atoms with E-state index in [0.29, 0.717) is 11.4 Å². The van der Waals surface area contributed by atoms with Gasteiger partial charge >= 0.3 is 0 Å². The molecule has 0 aliphatic heterocycles. The number of hydrogen-bond acceptors (Lipinski definition) is 2. The highest BCUT2D eigenvalue weighted by Crippen LogP contribution is 2.30. The van der Waals surface area contributed by atoms with E-state index in [1.54, 1.807) is 19.2 Å². The zero-order chi connectivity index (χ0) is 9.84. The summed E-state index contributed by atoms with van der Waals surface area (Å²) < 4.78 is 6.02. The van der Waals surface area contributed by atoms with Gasteiger partial charge in [-0.1, -0.05) is 11.6 Å². The Bertz CT molecular complexity index is 359. The van der Waals surface area contributed by atoms with Crippen molar-refractivity contribution in [2.24, 2.45) is 0 Å². The quantitative estimate of drug-likeness (QED) is 0.787. The first-order valence-electron chi connectivity index (χ1n) is 3.58. The molecular formula is C9H7ClINO. The lowest BCUT2D eigenvalue weighted by atomic mass is 10.1. The number of nitrogens with zero attached hydrogens (tertiary/aromatic N) is 1. The molecule has 1 aromatic carbocycles. The van der Waals surface area contributed by atoms with Crippen LogP contribution in [0.25, 0.3) is 0 Å². The van der Waals surface area contributed by atoms with Crippen molar-refractivity contribution in [2.75, 3.05) is 7.11 Å². The lowest BCUT2D eigenvalue weighted by Gasteiger charge is -2.07. The Balaban J connectivity index is 3.23. The molecule has 0 heterocycles. The Morgan fingerprint density at radius 3 is 2.85 bits per heavy atom. The van der Waals surface area contributed by atoms with Crippen LogP contribution in [0.5, 0.6) is 5.75 Å². The van der Waals surface area contributed by atoms with Gasteiger partial charge in [-0.3, -0.25) is 0 Å². The number of halogens is 2. The summed E-state index contributed by atoms with van der Waals surface area (Å²) in [4.78, 5) is 0. The molecule has 0 fully saturated rings. The van der Waals surface area contributed by atoms with Gasteiger partial charge in [0.25, 0.3) is 0 Å². The second-order valence-corrected chi connectivity index (χ2v) is 3.86. The van der Waals surface area contributed by atoms with Gasteiger partial charge < -0.3 is 4.74 Å². The van der Waals surface area contributed by atoms with Crippen LogP contribution in [0.1, 0.15) is 5.56 Å². The molecule has 0 aliphatic rings. The van der Waals surface area contributed by atoms with E-state index in [0.717, 1.165) is 14.9 Å². The van der Waals surface area contributed by atoms with Crippen molar-refractivity contribution >= 4 is 34.2 Å². The first-order valence-corrected chi connectivity index (χ1v) is 5.04. The summed E-state index contributed by atoms with van der Waals surface area (Å²) in [6.07, 6.45) is 0.314. The maximum Gasteiger partial charge on any atom is 0.132 e. The molecule has 4 heteroatoms. The molecule has 13 heavy (non-hydrogen) atoms. The van der Waals surface area contributed by atoms with Crippen LogP contribution < -0.4 is 4.74 Å². The third-order valence-electron chi connectivity index (χ3n) is 1.63. The van der Waals surface area contributed by atoms with E-state index in [2.05, 4.69) is 28.7 Å². The van der Waals surface area contributed by atoms with Crippen LogP contribution in [-0.4, -0.2) is 7.11 Å². The molecule has 0 bridgehead atoms. The topological polar surface area (TPSA) is 33.0 Å². The molecule has 0 amide bonds. The van der Waals surface area contributed by atoms with Crippen molar-refractivity contribution in [1.29, 1.82) is 5.26 Å². The Hall–Kier alpha value is -0.470. The van der Waals surface area contributed by atoms with Crippen LogP contribution in [0.3, 0.4) is 0 Å². The number of ether oxygens (including phenoxy) is 1. The number of benzene rings is 1. The summed E-state index contributed by atoms with van der Waals surface area (Å²) in [7, 11) is 1.60. The largest absolute Gasteiger partial charge is 0.496 e. The highest BCUT2D eigenvalue weighted by molar-refractivity contribution is 14.1. The summed E-state index contributed by atoms with van der Waals surface area (Å²) >= 11 is 8.06. The van der Waals surface area contributed by atoms with Gasteiger partial charge in [-0.25, -0.2) is 0 Å². The van der Waals surface area contributed by atoms with E-state index >= 15 is 0 Å². The minimum Gasteiger partial charge on any atom is -0.496 e. The molecule has 0 aromatic heterocycles. The first kappa shape index (κ1) is 10.6. The Morgan fingerprint density at radius 2 is 2.31 bits per heavy atom. The zero-order valence-corrected chi connectivity index (χ0v) is 9.89. The predicted molar refractivity (Wildman–Crippen MR) is 60.0 cm³/mol. The van der Waals surface area contributed by atoms with Gasteiger partial charge in [-0.2, -0.15) is 5.26 Å². The van der Waals surface area contributed by atoms with Crippen LogP contribution >= 0.6 is 34.2 Å². The van der Waals surface area contributed by atoms with Crippen molar-refractivity contribution in [3.63, 3.8) is 0 Å². The second kappa shape index (κ2) is 4.68. The van der Waals surface area contributed by atoms with Gasteiger partial charge in [0.2, 0.25) is 0 Å². The number of nitriles is 1. The van der Waals surface area contributed by atoms with E-state index in [-0.39, 0.29) is 0 Å². The fourth-order valence-corrected chi connectivity index (χ4v) is 2.24. The molecule has 0 saturated heterocycles. The molecule has 0 saturated carbocycles. The van der Waals surface area contributed by atoms with E-state index in [4.69, 9.17) is 21.6 Å². The van der Waals surface area contributed by atoms with Crippen molar-refractivity contribution < 1.29 is 4.74 Å². The molecule has 0 aliphatic carbocycles. The van der Waals surface area contributed by atoms with Gasteiger partial charge in [-0.05, 0) is 34.7 Å². The Morgan fingerprint density at radius 1 is 1.62 bits per heavy atom. The molecule has 0 atom stereocenters. The fraction of sp³-hybridized carbons (Fsp3) is 0.222. The standard InChI is InChI=1S/C9H7ClINO/c1-13-8-3-2-7(10)6(4-5-12)9(8)11/h2-3H,4H2,1H3. The number of hydrogen-bond donors (Lipinski definition) is 0. The van der Waals surface area contributed by atoms with Crippen molar-refractivity contribution in [3.8, 4) is 11.8 Å². The molecule has 0 spiro atoms. The van der Waals surface area contributed by atoms with Gasteiger partial charge in [0, 0.05) is 10.6 Å². The van der Waals surface area contributed by atoms with Gasteiger partial charge in [0.15, 0.2) is 0 Å². The molecule has 0 radical (unpaired) electrons. The SMILES string of the molecule is COc1ccc(Cl)c(CC#N)c1I. The highest BCUT2D eigenvalue weighted by Gasteiger charge is 2.09. The van der Waals surface area contributed by atoms with E-state index in [1.165, 1.54) is 0 Å². The van der Waals surface area contributed by atoms with Crippen molar-refractivity contribution in [2.45, 2.75) is 6.42 Å². The first-order chi connectivity index (χ1) is 6.20. The van der Waals surface area contributed by atoms with Crippen LogP contribution in [-0.2, 0) is 6.42 Å². The van der Waals surface area contributed by atoms with Crippen LogP contribution in [0.4, 0.5) is 0 Å². The highest BCUT2D eigenvalue weighted by atomic mass is 127. The van der Waals surface area contributed by atoms with Gasteiger partial charge in [-0.15, -0.1) is 0 Å². The Kier molecular flexibility index (Phi) is 3.82. The molecule has 0 N–H and O–H groups in total. The molecular weight excluding hydrogens is 300 g/mol. The lowest BCUT2D eigenvalue weighted by Crippen LogP contribution is -1.93. The zero-order valence-electron chi connectivity index (χ0n) is 6.97. The van der Waals surface area contributed by atoms with Crippen LogP contribution in [0, 0.1) is 14.9 Å². The van der Waals surface area contributed by atoms with E-state index in [9.17, 15) is 0 Å². The third-order valence-corrected chi connectivity index (χ3v) is 3.16. The minimum absolute atomic E-state index is 0.314. The maximum absolute atomic E-state index is 8.58. The Labute approximate surface area is 95.6 Å². The molecule has 0 unspecified atom stereocenters. The van der Waals surface area contributed by atoms with E-state index < -0.39 is 0 Å². The number of rotatable bonds is 2.